The molecule has 0 saturated carbocycles. The average molecular weight is 257 g/mol. The van der Waals surface area contributed by atoms with Gasteiger partial charge in [0.25, 0.3) is 0 Å². The molecule has 0 saturated heterocycles. The van der Waals surface area contributed by atoms with Crippen LogP contribution < -0.4 is 5.32 Å². The maximum atomic E-state index is 12.3. The van der Waals surface area contributed by atoms with E-state index in [0.717, 1.165) is 24.8 Å². The summed E-state index contributed by atoms with van der Waals surface area (Å²) in [4.78, 5) is 12.3. The van der Waals surface area contributed by atoms with Gasteiger partial charge in [0.05, 0.1) is 12.5 Å². The second-order valence-electron chi connectivity index (χ2n) is 4.69. The fraction of sp³-hybridized carbons (Fsp3) is 0.385. The fourth-order valence-corrected chi connectivity index (χ4v) is 2.57. The van der Waals surface area contributed by atoms with Gasteiger partial charge in [-0.1, -0.05) is 29.5 Å². The Labute approximate surface area is 110 Å². The van der Waals surface area contributed by atoms with Crippen molar-refractivity contribution in [3.63, 3.8) is 0 Å². The Bertz CT molecular complexity index is 566. The van der Waals surface area contributed by atoms with Crippen LogP contribution in [0.2, 0.25) is 0 Å². The number of H-pyrrole nitrogens is 1. The van der Waals surface area contributed by atoms with E-state index in [1.54, 1.807) is 0 Å². The molecule has 6 heteroatoms. The van der Waals surface area contributed by atoms with Crippen LogP contribution in [-0.2, 0) is 17.8 Å². The molecule has 0 bridgehead atoms. The Hall–Kier alpha value is -2.24. The largest absolute Gasteiger partial charge is 0.348 e. The first kappa shape index (κ1) is 11.8. The minimum Gasteiger partial charge on any atom is -0.348 e. The number of hydrogen-bond donors (Lipinski definition) is 2. The molecule has 1 atom stereocenters. The molecular weight excluding hydrogens is 242 g/mol. The number of benzene rings is 1. The standard InChI is InChI=1S/C13H15N5O/c19-13(14-8-12-15-17-18-16-12)11-7-3-5-9-4-1-2-6-10(9)11/h1-2,4,6,11H,3,5,7-8H2,(H,14,19)(H,15,16,17,18). The van der Waals surface area contributed by atoms with Crippen molar-refractivity contribution in [2.45, 2.75) is 31.7 Å². The number of carbonyl (C=O) groups excluding carboxylic acids is 1. The second kappa shape index (κ2) is 5.17. The van der Waals surface area contributed by atoms with E-state index in [1.165, 1.54) is 5.56 Å². The number of aryl methyl sites for hydroxylation is 1. The van der Waals surface area contributed by atoms with Crippen LogP contribution in [-0.4, -0.2) is 26.5 Å². The SMILES string of the molecule is O=C(NCc1nn[nH]n1)C1CCCc2ccccc21. The zero-order valence-electron chi connectivity index (χ0n) is 10.5. The van der Waals surface area contributed by atoms with Gasteiger partial charge in [-0.3, -0.25) is 4.79 Å². The Morgan fingerprint density at radius 1 is 1.42 bits per heavy atom. The van der Waals surface area contributed by atoms with Gasteiger partial charge < -0.3 is 5.32 Å². The molecule has 1 heterocycles. The Morgan fingerprint density at radius 2 is 2.32 bits per heavy atom. The molecule has 98 valence electrons. The summed E-state index contributed by atoms with van der Waals surface area (Å²) in [6, 6.07) is 8.17. The van der Waals surface area contributed by atoms with Crippen LogP contribution in [0.3, 0.4) is 0 Å². The number of aromatic amines is 1. The Kier molecular flexibility index (Phi) is 3.22. The summed E-state index contributed by atoms with van der Waals surface area (Å²) in [5.41, 5.74) is 2.44. The highest BCUT2D eigenvalue weighted by atomic mass is 16.1. The maximum Gasteiger partial charge on any atom is 0.227 e. The number of hydrogen-bond acceptors (Lipinski definition) is 4. The normalized spacial score (nSPS) is 17.8. The predicted octanol–water partition coefficient (Wildman–Crippen LogP) is 0.936. The minimum atomic E-state index is -0.0585. The molecule has 1 aliphatic carbocycles. The molecule has 6 nitrogen and oxygen atoms in total. The van der Waals surface area contributed by atoms with E-state index in [4.69, 9.17) is 0 Å². The van der Waals surface area contributed by atoms with Crippen molar-refractivity contribution in [2.75, 3.05) is 0 Å². The van der Waals surface area contributed by atoms with Crippen molar-refractivity contribution in [1.82, 2.24) is 25.9 Å². The van der Waals surface area contributed by atoms with Crippen LogP contribution >= 0.6 is 0 Å². The lowest BCUT2D eigenvalue weighted by Crippen LogP contribution is -2.31. The maximum absolute atomic E-state index is 12.3. The molecule has 3 rings (SSSR count). The highest BCUT2D eigenvalue weighted by molar-refractivity contribution is 5.84. The molecular formula is C13H15N5O. The molecule has 2 N–H and O–H groups in total. The first-order valence-electron chi connectivity index (χ1n) is 6.42. The van der Waals surface area contributed by atoms with Gasteiger partial charge in [-0.2, -0.15) is 5.21 Å². The number of amides is 1. The molecule has 1 aromatic carbocycles. The van der Waals surface area contributed by atoms with Crippen LogP contribution in [0.15, 0.2) is 24.3 Å². The van der Waals surface area contributed by atoms with E-state index in [-0.39, 0.29) is 11.8 Å². The molecule has 1 unspecified atom stereocenters. The monoisotopic (exact) mass is 257 g/mol. The molecule has 0 radical (unpaired) electrons. The Balaban J connectivity index is 1.71. The van der Waals surface area contributed by atoms with E-state index >= 15 is 0 Å². The lowest BCUT2D eigenvalue weighted by molar-refractivity contribution is -0.123. The number of tetrazole rings is 1. The van der Waals surface area contributed by atoms with Crippen molar-refractivity contribution < 1.29 is 4.79 Å². The lowest BCUT2D eigenvalue weighted by Gasteiger charge is -2.24. The number of carbonyl (C=O) groups is 1. The smallest absolute Gasteiger partial charge is 0.227 e. The molecule has 1 amide bonds. The van der Waals surface area contributed by atoms with Crippen LogP contribution in [0.25, 0.3) is 0 Å². The van der Waals surface area contributed by atoms with Gasteiger partial charge in [0.2, 0.25) is 5.91 Å². The average Bonchev–Trinajstić information content (AvgIpc) is 2.97. The number of nitrogens with one attached hydrogen (secondary N) is 2. The van der Waals surface area contributed by atoms with Gasteiger partial charge >= 0.3 is 0 Å². The zero-order chi connectivity index (χ0) is 13.1. The van der Waals surface area contributed by atoms with Gasteiger partial charge in [0.1, 0.15) is 0 Å². The number of fused-ring (bicyclic) bond motifs is 1. The molecule has 0 aliphatic heterocycles. The quantitative estimate of drug-likeness (QED) is 0.857. The highest BCUT2D eigenvalue weighted by Crippen LogP contribution is 2.31. The van der Waals surface area contributed by atoms with Crippen LogP contribution in [0, 0.1) is 0 Å². The van der Waals surface area contributed by atoms with E-state index in [2.05, 4.69) is 32.0 Å². The van der Waals surface area contributed by atoms with Crippen molar-refractivity contribution in [2.24, 2.45) is 0 Å². The van der Waals surface area contributed by atoms with Crippen molar-refractivity contribution in [3.8, 4) is 0 Å². The third-order valence-electron chi connectivity index (χ3n) is 3.50. The van der Waals surface area contributed by atoms with Crippen molar-refractivity contribution in [1.29, 1.82) is 0 Å². The van der Waals surface area contributed by atoms with Gasteiger partial charge in [0, 0.05) is 0 Å². The summed E-state index contributed by atoms with van der Waals surface area (Å²) in [7, 11) is 0. The first-order chi connectivity index (χ1) is 9.34. The third-order valence-corrected chi connectivity index (χ3v) is 3.50. The van der Waals surface area contributed by atoms with Gasteiger partial charge in [-0.05, 0) is 30.4 Å². The minimum absolute atomic E-state index is 0.0388. The molecule has 0 fully saturated rings. The Morgan fingerprint density at radius 3 is 3.16 bits per heavy atom. The summed E-state index contributed by atoms with van der Waals surface area (Å²) in [5, 5.41) is 16.3. The number of rotatable bonds is 3. The first-order valence-corrected chi connectivity index (χ1v) is 6.42. The molecule has 0 spiro atoms. The zero-order valence-corrected chi connectivity index (χ0v) is 10.5. The summed E-state index contributed by atoms with van der Waals surface area (Å²) < 4.78 is 0. The number of nitrogens with zero attached hydrogens (tertiary/aromatic N) is 3. The van der Waals surface area contributed by atoms with E-state index < -0.39 is 0 Å². The molecule has 1 aromatic heterocycles. The van der Waals surface area contributed by atoms with Crippen molar-refractivity contribution in [3.05, 3.63) is 41.2 Å². The molecule has 1 aliphatic rings. The fourth-order valence-electron chi connectivity index (χ4n) is 2.57. The van der Waals surface area contributed by atoms with E-state index in [9.17, 15) is 4.79 Å². The van der Waals surface area contributed by atoms with Crippen LogP contribution in [0.5, 0.6) is 0 Å². The van der Waals surface area contributed by atoms with Gasteiger partial charge in [0.15, 0.2) is 5.82 Å². The molecule has 19 heavy (non-hydrogen) atoms. The van der Waals surface area contributed by atoms with E-state index in [0.29, 0.717) is 12.4 Å². The predicted molar refractivity (Wildman–Crippen MR) is 68.1 cm³/mol. The van der Waals surface area contributed by atoms with E-state index in [1.807, 2.05) is 18.2 Å². The second-order valence-corrected chi connectivity index (χ2v) is 4.69. The highest BCUT2D eigenvalue weighted by Gasteiger charge is 2.25. The van der Waals surface area contributed by atoms with Gasteiger partial charge in [-0.15, -0.1) is 10.2 Å². The number of aromatic nitrogens is 4. The van der Waals surface area contributed by atoms with Crippen LogP contribution in [0.1, 0.15) is 35.7 Å². The summed E-state index contributed by atoms with van der Waals surface area (Å²) >= 11 is 0. The van der Waals surface area contributed by atoms with Crippen LogP contribution in [0.4, 0.5) is 0 Å². The summed E-state index contributed by atoms with van der Waals surface area (Å²) in [5.74, 6) is 0.478. The molecule has 2 aromatic rings. The topological polar surface area (TPSA) is 83.6 Å². The summed E-state index contributed by atoms with van der Waals surface area (Å²) in [6.07, 6.45) is 3.01. The van der Waals surface area contributed by atoms with Crippen molar-refractivity contribution >= 4 is 5.91 Å². The lowest BCUT2D eigenvalue weighted by atomic mass is 9.82. The van der Waals surface area contributed by atoms with Gasteiger partial charge in [-0.25, -0.2) is 0 Å². The summed E-state index contributed by atoms with van der Waals surface area (Å²) in [6.45, 7) is 0.313. The third kappa shape index (κ3) is 2.47.